The minimum Gasteiger partial charge on any atom is -0.409 e. The first kappa shape index (κ1) is 15.1. The Morgan fingerprint density at radius 1 is 1.39 bits per heavy atom. The van der Waals surface area contributed by atoms with Crippen molar-refractivity contribution in [2.45, 2.75) is 19.9 Å². The highest BCUT2D eigenvalue weighted by Gasteiger charge is 2.10. The van der Waals surface area contributed by atoms with Crippen molar-refractivity contribution in [2.75, 3.05) is 13.1 Å². The molecular weight excluding hydrogens is 273 g/mol. The molecule has 1 rings (SSSR count). The number of oxime groups is 1. The quantitative estimate of drug-likeness (QED) is 0.366. The summed E-state index contributed by atoms with van der Waals surface area (Å²) >= 11 is 12.2. The Labute approximate surface area is 117 Å². The predicted molar refractivity (Wildman–Crippen MR) is 75.4 cm³/mol. The molecule has 3 N–H and O–H groups in total. The fourth-order valence-electron chi connectivity index (χ4n) is 1.58. The van der Waals surface area contributed by atoms with Crippen LogP contribution in [0.2, 0.25) is 10.0 Å². The van der Waals surface area contributed by atoms with Crippen molar-refractivity contribution in [1.82, 2.24) is 4.90 Å². The molecule has 0 bridgehead atoms. The van der Waals surface area contributed by atoms with Crippen molar-refractivity contribution < 1.29 is 5.21 Å². The molecule has 1 aromatic rings. The van der Waals surface area contributed by atoms with Crippen molar-refractivity contribution in [2.24, 2.45) is 10.9 Å². The highest BCUT2D eigenvalue weighted by atomic mass is 35.5. The zero-order valence-corrected chi connectivity index (χ0v) is 11.7. The van der Waals surface area contributed by atoms with E-state index in [-0.39, 0.29) is 5.84 Å². The minimum atomic E-state index is 0.221. The van der Waals surface area contributed by atoms with E-state index < -0.39 is 0 Å². The molecule has 0 radical (unpaired) electrons. The summed E-state index contributed by atoms with van der Waals surface area (Å²) in [7, 11) is 0. The highest BCUT2D eigenvalue weighted by molar-refractivity contribution is 6.35. The van der Waals surface area contributed by atoms with Crippen LogP contribution in [0.3, 0.4) is 0 Å². The average Bonchev–Trinajstić information content (AvgIpc) is 2.37. The van der Waals surface area contributed by atoms with Crippen LogP contribution in [0.4, 0.5) is 0 Å². The Bertz CT molecular complexity index is 404. The van der Waals surface area contributed by atoms with Crippen molar-refractivity contribution >= 4 is 29.0 Å². The van der Waals surface area contributed by atoms with Crippen LogP contribution in [0.15, 0.2) is 23.4 Å². The van der Waals surface area contributed by atoms with Crippen molar-refractivity contribution in [3.8, 4) is 0 Å². The number of amidine groups is 1. The van der Waals surface area contributed by atoms with Crippen LogP contribution in [0, 0.1) is 0 Å². The van der Waals surface area contributed by atoms with E-state index in [9.17, 15) is 0 Å². The van der Waals surface area contributed by atoms with Crippen LogP contribution >= 0.6 is 23.2 Å². The van der Waals surface area contributed by atoms with Gasteiger partial charge in [0.1, 0.15) is 5.84 Å². The van der Waals surface area contributed by atoms with Crippen LogP contribution in [0.1, 0.15) is 18.9 Å². The number of nitrogens with zero attached hydrogens (tertiary/aromatic N) is 2. The molecule has 18 heavy (non-hydrogen) atoms. The predicted octanol–water partition coefficient (Wildman–Crippen LogP) is 2.95. The third-order valence-electron chi connectivity index (χ3n) is 2.70. The first-order chi connectivity index (χ1) is 8.58. The molecule has 0 saturated heterocycles. The van der Waals surface area contributed by atoms with Crippen LogP contribution in [-0.4, -0.2) is 29.0 Å². The van der Waals surface area contributed by atoms with E-state index in [1.165, 1.54) is 0 Å². The molecule has 6 heteroatoms. The first-order valence-electron chi connectivity index (χ1n) is 5.70. The number of hydrogen-bond donors (Lipinski definition) is 2. The van der Waals surface area contributed by atoms with Gasteiger partial charge in [-0.1, -0.05) is 41.3 Å². The van der Waals surface area contributed by atoms with E-state index in [1.54, 1.807) is 0 Å². The third kappa shape index (κ3) is 4.37. The van der Waals surface area contributed by atoms with Gasteiger partial charge in [-0.05, 0) is 18.7 Å². The number of benzene rings is 1. The van der Waals surface area contributed by atoms with Gasteiger partial charge in [0.05, 0.1) is 0 Å². The number of halogens is 2. The van der Waals surface area contributed by atoms with Gasteiger partial charge in [0.25, 0.3) is 0 Å². The largest absolute Gasteiger partial charge is 0.409 e. The van der Waals surface area contributed by atoms with E-state index in [2.05, 4.69) is 10.1 Å². The Morgan fingerprint density at radius 3 is 2.50 bits per heavy atom. The van der Waals surface area contributed by atoms with Gasteiger partial charge in [-0.15, -0.1) is 0 Å². The maximum atomic E-state index is 8.50. The molecule has 0 unspecified atom stereocenters. The summed E-state index contributed by atoms with van der Waals surface area (Å²) in [5, 5.41) is 12.8. The number of nitrogens with two attached hydrogens (primary N) is 1. The fraction of sp³-hybridized carbons (Fsp3) is 0.417. The molecule has 0 aliphatic heterocycles. The lowest BCUT2D eigenvalue weighted by molar-refractivity contribution is 0.283. The van der Waals surface area contributed by atoms with Gasteiger partial charge >= 0.3 is 0 Å². The molecule has 0 saturated carbocycles. The molecule has 0 aliphatic carbocycles. The van der Waals surface area contributed by atoms with Crippen molar-refractivity contribution in [3.63, 3.8) is 0 Å². The standard InChI is InChI=1S/C12H17Cl2N3O/c1-2-17(7-6-12(15)16-18)8-9-10(13)4-3-5-11(9)14/h3-5,18H,2,6-8H2,1H3,(H2,15,16). The summed E-state index contributed by atoms with van der Waals surface area (Å²) in [5.74, 6) is 0.221. The lowest BCUT2D eigenvalue weighted by Gasteiger charge is -2.21. The van der Waals surface area contributed by atoms with Gasteiger partial charge in [0.2, 0.25) is 0 Å². The topological polar surface area (TPSA) is 61.8 Å². The van der Waals surface area contributed by atoms with E-state index in [0.717, 1.165) is 12.1 Å². The Hall–Kier alpha value is -0.970. The zero-order valence-electron chi connectivity index (χ0n) is 10.2. The third-order valence-corrected chi connectivity index (χ3v) is 3.41. The average molecular weight is 290 g/mol. The molecule has 100 valence electrons. The smallest absolute Gasteiger partial charge is 0.140 e. The summed E-state index contributed by atoms with van der Waals surface area (Å²) < 4.78 is 0. The molecule has 4 nitrogen and oxygen atoms in total. The van der Waals surface area contributed by atoms with E-state index in [0.29, 0.717) is 29.6 Å². The summed E-state index contributed by atoms with van der Waals surface area (Å²) in [6, 6.07) is 5.46. The van der Waals surface area contributed by atoms with Gasteiger partial charge in [-0.25, -0.2) is 0 Å². The molecule has 0 aliphatic rings. The van der Waals surface area contributed by atoms with E-state index in [4.69, 9.17) is 34.1 Å². The maximum absolute atomic E-state index is 8.50. The summed E-state index contributed by atoms with van der Waals surface area (Å²) in [5.41, 5.74) is 6.36. The van der Waals surface area contributed by atoms with Crippen LogP contribution in [0.25, 0.3) is 0 Å². The van der Waals surface area contributed by atoms with Gasteiger partial charge in [0, 0.05) is 35.1 Å². The molecule has 0 spiro atoms. The summed E-state index contributed by atoms with van der Waals surface area (Å²) in [4.78, 5) is 2.13. The molecular formula is C12H17Cl2N3O. The van der Waals surface area contributed by atoms with Crippen LogP contribution in [-0.2, 0) is 6.54 Å². The zero-order chi connectivity index (χ0) is 13.5. The Balaban J connectivity index is 2.68. The van der Waals surface area contributed by atoms with Crippen LogP contribution < -0.4 is 5.73 Å². The lowest BCUT2D eigenvalue weighted by Crippen LogP contribution is -2.28. The van der Waals surface area contributed by atoms with Gasteiger partial charge in [-0.2, -0.15) is 0 Å². The van der Waals surface area contributed by atoms with Gasteiger partial charge in [-0.3, -0.25) is 4.90 Å². The Morgan fingerprint density at radius 2 is 2.00 bits per heavy atom. The molecule has 0 fully saturated rings. The Kier molecular flexibility index (Phi) is 6.25. The molecule has 0 atom stereocenters. The fourth-order valence-corrected chi connectivity index (χ4v) is 2.10. The SMILES string of the molecule is CCN(CC/C(N)=N/O)Cc1c(Cl)cccc1Cl. The normalized spacial score (nSPS) is 12.1. The molecule has 0 aromatic heterocycles. The monoisotopic (exact) mass is 289 g/mol. The minimum absolute atomic E-state index is 0.221. The molecule has 0 amide bonds. The lowest BCUT2D eigenvalue weighted by atomic mass is 10.2. The van der Waals surface area contributed by atoms with E-state index >= 15 is 0 Å². The van der Waals surface area contributed by atoms with Gasteiger partial charge in [0.15, 0.2) is 0 Å². The summed E-state index contributed by atoms with van der Waals surface area (Å²) in [6.45, 7) is 4.21. The summed E-state index contributed by atoms with van der Waals surface area (Å²) in [6.07, 6.45) is 0.506. The van der Waals surface area contributed by atoms with Crippen molar-refractivity contribution in [3.05, 3.63) is 33.8 Å². The molecule has 1 aromatic carbocycles. The second-order valence-corrected chi connectivity index (χ2v) is 4.72. The second kappa shape index (κ2) is 7.46. The number of hydrogen-bond acceptors (Lipinski definition) is 3. The maximum Gasteiger partial charge on any atom is 0.140 e. The highest BCUT2D eigenvalue weighted by Crippen LogP contribution is 2.25. The second-order valence-electron chi connectivity index (χ2n) is 3.91. The number of rotatable bonds is 6. The van der Waals surface area contributed by atoms with Crippen molar-refractivity contribution in [1.29, 1.82) is 0 Å². The first-order valence-corrected chi connectivity index (χ1v) is 6.45. The van der Waals surface area contributed by atoms with Gasteiger partial charge < -0.3 is 10.9 Å². The van der Waals surface area contributed by atoms with E-state index in [1.807, 2.05) is 25.1 Å². The molecule has 0 heterocycles. The van der Waals surface area contributed by atoms with Crippen LogP contribution in [0.5, 0.6) is 0 Å².